The third-order valence-electron chi connectivity index (χ3n) is 4.78. The average Bonchev–Trinajstić information content (AvgIpc) is 3.18. The van der Waals surface area contributed by atoms with Gasteiger partial charge in [0.15, 0.2) is 0 Å². The predicted molar refractivity (Wildman–Crippen MR) is 112 cm³/mol. The van der Waals surface area contributed by atoms with E-state index in [1.807, 2.05) is 54.6 Å². The summed E-state index contributed by atoms with van der Waals surface area (Å²) in [7, 11) is 0. The van der Waals surface area contributed by atoms with Crippen LogP contribution < -0.4 is 10.1 Å². The van der Waals surface area contributed by atoms with Gasteiger partial charge in [0.05, 0.1) is 18.1 Å². The van der Waals surface area contributed by atoms with Gasteiger partial charge in [0.25, 0.3) is 5.91 Å². The van der Waals surface area contributed by atoms with E-state index in [4.69, 9.17) is 9.47 Å². The lowest BCUT2D eigenvalue weighted by molar-refractivity contribution is 0.0322. The third kappa shape index (κ3) is 4.90. The molecule has 2 heterocycles. The van der Waals surface area contributed by atoms with Crippen molar-refractivity contribution < 1.29 is 14.3 Å². The van der Waals surface area contributed by atoms with E-state index >= 15 is 0 Å². The Morgan fingerprint density at radius 3 is 2.82 bits per heavy atom. The Labute approximate surface area is 168 Å². The highest BCUT2D eigenvalue weighted by Crippen LogP contribution is 2.25. The van der Waals surface area contributed by atoms with Gasteiger partial charge < -0.3 is 14.8 Å². The van der Waals surface area contributed by atoms with E-state index in [0.29, 0.717) is 13.2 Å². The van der Waals surface area contributed by atoms with Gasteiger partial charge in [-0.2, -0.15) is 0 Å². The number of nitrogens with one attached hydrogen (secondary N) is 1. The van der Waals surface area contributed by atoms with Crippen molar-refractivity contribution in [1.29, 1.82) is 0 Å². The molecule has 5 nitrogen and oxygen atoms in total. The van der Waals surface area contributed by atoms with Crippen molar-refractivity contribution >= 4 is 27.3 Å². The molecule has 1 N–H and O–H groups in total. The molecule has 0 atom stereocenters. The van der Waals surface area contributed by atoms with Gasteiger partial charge in [0.1, 0.15) is 12.4 Å². The first kappa shape index (κ1) is 18.9. The fourth-order valence-corrected chi connectivity index (χ4v) is 4.20. The van der Waals surface area contributed by atoms with Crippen LogP contribution in [0.3, 0.4) is 0 Å². The summed E-state index contributed by atoms with van der Waals surface area (Å²) in [5.74, 6) is 0.793. The van der Waals surface area contributed by atoms with E-state index in [2.05, 4.69) is 10.2 Å². The van der Waals surface area contributed by atoms with Gasteiger partial charge in [0.2, 0.25) is 0 Å². The molecule has 0 unspecified atom stereocenters. The number of hydrogen-bond acceptors (Lipinski definition) is 5. The Kier molecular flexibility index (Phi) is 6.21. The van der Waals surface area contributed by atoms with E-state index in [1.54, 1.807) is 0 Å². The molecule has 0 saturated carbocycles. The summed E-state index contributed by atoms with van der Waals surface area (Å²) in [5, 5.41) is 4.11. The SMILES string of the molecule is O=C(NCc1cccc(OCCN2CCOCC2)c1)c1cc2ccccc2s1. The van der Waals surface area contributed by atoms with Crippen LogP contribution >= 0.6 is 11.3 Å². The van der Waals surface area contributed by atoms with Crippen LogP contribution in [-0.2, 0) is 11.3 Å². The zero-order valence-corrected chi connectivity index (χ0v) is 16.5. The molecule has 1 fully saturated rings. The lowest BCUT2D eigenvalue weighted by Crippen LogP contribution is -2.38. The number of thiophene rings is 1. The second kappa shape index (κ2) is 9.19. The third-order valence-corrected chi connectivity index (χ3v) is 5.90. The molecule has 1 aliphatic rings. The molecule has 1 amide bonds. The maximum Gasteiger partial charge on any atom is 0.261 e. The Bertz CT molecular complexity index is 901. The van der Waals surface area contributed by atoms with Crippen molar-refractivity contribution in [2.75, 3.05) is 39.5 Å². The minimum absolute atomic E-state index is 0.0418. The topological polar surface area (TPSA) is 50.8 Å². The molecule has 1 saturated heterocycles. The van der Waals surface area contributed by atoms with Crippen molar-refractivity contribution in [2.45, 2.75) is 6.54 Å². The number of carbonyl (C=O) groups excluding carboxylic acids is 1. The van der Waals surface area contributed by atoms with E-state index in [9.17, 15) is 4.79 Å². The Balaban J connectivity index is 1.28. The summed E-state index contributed by atoms with van der Waals surface area (Å²) < 4.78 is 12.4. The highest BCUT2D eigenvalue weighted by atomic mass is 32.1. The van der Waals surface area contributed by atoms with Gasteiger partial charge in [-0.15, -0.1) is 11.3 Å². The Hall–Kier alpha value is -2.41. The summed E-state index contributed by atoms with van der Waals surface area (Å²) in [6, 6.07) is 17.9. The van der Waals surface area contributed by atoms with E-state index < -0.39 is 0 Å². The molecule has 0 bridgehead atoms. The van der Waals surface area contributed by atoms with Crippen LogP contribution in [0.5, 0.6) is 5.75 Å². The summed E-state index contributed by atoms with van der Waals surface area (Å²) >= 11 is 1.52. The maximum atomic E-state index is 12.5. The first-order valence-electron chi connectivity index (χ1n) is 9.56. The maximum absolute atomic E-state index is 12.5. The normalized spacial score (nSPS) is 14.9. The molecule has 6 heteroatoms. The summed E-state index contributed by atoms with van der Waals surface area (Å²) in [6.45, 7) is 5.56. The molecule has 146 valence electrons. The van der Waals surface area contributed by atoms with Crippen LogP contribution in [0.1, 0.15) is 15.2 Å². The van der Waals surface area contributed by atoms with Gasteiger partial charge in [0, 0.05) is 30.9 Å². The highest BCUT2D eigenvalue weighted by Gasteiger charge is 2.11. The zero-order chi connectivity index (χ0) is 19.2. The number of hydrogen-bond donors (Lipinski definition) is 1. The summed E-state index contributed by atoms with van der Waals surface area (Å²) in [5.41, 5.74) is 1.03. The van der Waals surface area contributed by atoms with Gasteiger partial charge in [-0.25, -0.2) is 0 Å². The van der Waals surface area contributed by atoms with Gasteiger partial charge >= 0.3 is 0 Å². The lowest BCUT2D eigenvalue weighted by atomic mass is 10.2. The van der Waals surface area contributed by atoms with Crippen molar-refractivity contribution in [3.8, 4) is 5.75 Å². The molecule has 28 heavy (non-hydrogen) atoms. The van der Waals surface area contributed by atoms with Crippen LogP contribution in [0, 0.1) is 0 Å². The first-order valence-corrected chi connectivity index (χ1v) is 10.4. The number of benzene rings is 2. The fourth-order valence-electron chi connectivity index (χ4n) is 3.23. The van der Waals surface area contributed by atoms with E-state index in [-0.39, 0.29) is 5.91 Å². The monoisotopic (exact) mass is 396 g/mol. The van der Waals surface area contributed by atoms with Crippen LogP contribution in [-0.4, -0.2) is 50.3 Å². The second-order valence-electron chi connectivity index (χ2n) is 6.78. The minimum Gasteiger partial charge on any atom is -0.492 e. The van der Waals surface area contributed by atoms with Crippen LogP contribution in [0.25, 0.3) is 10.1 Å². The zero-order valence-electron chi connectivity index (χ0n) is 15.7. The fraction of sp³-hybridized carbons (Fsp3) is 0.318. The summed E-state index contributed by atoms with van der Waals surface area (Å²) in [6.07, 6.45) is 0. The van der Waals surface area contributed by atoms with Crippen LogP contribution in [0.2, 0.25) is 0 Å². The van der Waals surface area contributed by atoms with E-state index in [1.165, 1.54) is 11.3 Å². The molecule has 3 aromatic rings. The Morgan fingerprint density at radius 2 is 1.96 bits per heavy atom. The number of morpholine rings is 1. The van der Waals surface area contributed by atoms with Gasteiger partial charge in [-0.05, 0) is 35.2 Å². The summed E-state index contributed by atoms with van der Waals surface area (Å²) in [4.78, 5) is 15.6. The molecule has 4 rings (SSSR count). The molecule has 2 aromatic carbocycles. The highest BCUT2D eigenvalue weighted by molar-refractivity contribution is 7.20. The molecule has 1 aliphatic heterocycles. The number of fused-ring (bicyclic) bond motifs is 1. The number of amides is 1. The van der Waals surface area contributed by atoms with Crippen LogP contribution in [0.4, 0.5) is 0 Å². The molecular formula is C22H24N2O3S. The first-order chi connectivity index (χ1) is 13.8. The Morgan fingerprint density at radius 1 is 1.11 bits per heavy atom. The predicted octanol–water partition coefficient (Wildman–Crippen LogP) is 3.54. The molecular weight excluding hydrogens is 372 g/mol. The smallest absolute Gasteiger partial charge is 0.261 e. The molecule has 1 aromatic heterocycles. The molecule has 0 aliphatic carbocycles. The van der Waals surface area contributed by atoms with Gasteiger partial charge in [-0.1, -0.05) is 30.3 Å². The van der Waals surface area contributed by atoms with E-state index in [0.717, 1.165) is 59.1 Å². The number of ether oxygens (including phenoxy) is 2. The molecule has 0 radical (unpaired) electrons. The molecule has 0 spiro atoms. The van der Waals surface area contributed by atoms with Crippen molar-refractivity contribution in [2.24, 2.45) is 0 Å². The largest absolute Gasteiger partial charge is 0.492 e. The van der Waals surface area contributed by atoms with Crippen molar-refractivity contribution in [3.63, 3.8) is 0 Å². The van der Waals surface area contributed by atoms with Gasteiger partial charge in [-0.3, -0.25) is 9.69 Å². The van der Waals surface area contributed by atoms with Crippen molar-refractivity contribution in [3.05, 3.63) is 65.0 Å². The quantitative estimate of drug-likeness (QED) is 0.664. The van der Waals surface area contributed by atoms with Crippen LogP contribution in [0.15, 0.2) is 54.6 Å². The average molecular weight is 397 g/mol. The number of rotatable bonds is 7. The van der Waals surface area contributed by atoms with Crippen molar-refractivity contribution in [1.82, 2.24) is 10.2 Å². The minimum atomic E-state index is -0.0418. The number of nitrogens with zero attached hydrogens (tertiary/aromatic N) is 1. The second-order valence-corrected chi connectivity index (χ2v) is 7.86. The lowest BCUT2D eigenvalue weighted by Gasteiger charge is -2.26. The standard InChI is InChI=1S/C22H24N2O3S/c25-22(21-15-18-5-1-2-7-20(18)28-21)23-16-17-4-3-6-19(14-17)27-13-10-24-8-11-26-12-9-24/h1-7,14-15H,8-13,16H2,(H,23,25). The number of carbonyl (C=O) groups is 1.